The molecule has 0 bridgehead atoms. The fourth-order valence-electron chi connectivity index (χ4n) is 1.32. The van der Waals surface area contributed by atoms with Crippen molar-refractivity contribution in [1.82, 2.24) is 9.78 Å². The minimum atomic E-state index is -1.16. The number of aliphatic carboxylic acids is 1. The van der Waals surface area contributed by atoms with Crippen molar-refractivity contribution in [1.29, 1.82) is 0 Å². The van der Waals surface area contributed by atoms with Crippen LogP contribution in [0.4, 0.5) is 5.69 Å². The molecule has 7 nitrogen and oxygen atoms in total. The predicted molar refractivity (Wildman–Crippen MR) is 68.9 cm³/mol. The maximum absolute atomic E-state index is 11.5. The molecule has 0 atom stereocenters. The fraction of sp³-hybridized carbons (Fsp3) is 0.583. The highest BCUT2D eigenvalue weighted by molar-refractivity contribution is 5.90. The molecule has 0 spiro atoms. The number of carboxylic acid groups (broad SMARTS) is 1. The van der Waals surface area contributed by atoms with Crippen LogP contribution < -0.4 is 5.32 Å². The number of aromatic nitrogens is 2. The largest absolute Gasteiger partial charge is 0.479 e. The third kappa shape index (κ3) is 4.06. The maximum atomic E-state index is 11.5. The zero-order valence-electron chi connectivity index (χ0n) is 11.3. The van der Waals surface area contributed by atoms with Gasteiger partial charge in [-0.3, -0.25) is 9.48 Å². The lowest BCUT2D eigenvalue weighted by atomic mass is 10.1. The number of carboxylic acids is 1. The van der Waals surface area contributed by atoms with Gasteiger partial charge in [0.2, 0.25) is 5.91 Å². The summed E-state index contributed by atoms with van der Waals surface area (Å²) in [6.45, 7) is 5.84. The molecule has 0 aromatic carbocycles. The summed E-state index contributed by atoms with van der Waals surface area (Å²) in [6.07, 6.45) is 3.16. The van der Waals surface area contributed by atoms with Crippen LogP contribution in [0.1, 0.15) is 27.2 Å². The second-order valence-electron chi connectivity index (χ2n) is 4.53. The highest BCUT2D eigenvalue weighted by atomic mass is 16.5. The number of nitrogens with zero attached hydrogens (tertiary/aromatic N) is 2. The highest BCUT2D eigenvalue weighted by Gasteiger charge is 2.30. The fourth-order valence-corrected chi connectivity index (χ4v) is 1.32. The van der Waals surface area contributed by atoms with Gasteiger partial charge in [-0.1, -0.05) is 0 Å². The van der Waals surface area contributed by atoms with Crippen LogP contribution in [0.2, 0.25) is 0 Å². The summed E-state index contributed by atoms with van der Waals surface area (Å²) in [5.74, 6) is -1.19. The quantitative estimate of drug-likeness (QED) is 0.722. The van der Waals surface area contributed by atoms with Crippen LogP contribution in [0.15, 0.2) is 12.4 Å². The number of amides is 1. The molecule has 0 saturated carbocycles. The van der Waals surface area contributed by atoms with E-state index < -0.39 is 11.5 Å². The van der Waals surface area contributed by atoms with E-state index >= 15 is 0 Å². The van der Waals surface area contributed by atoms with Gasteiger partial charge in [0.05, 0.1) is 24.9 Å². The molecule has 1 amide bonds. The van der Waals surface area contributed by atoms with E-state index in [0.717, 1.165) is 0 Å². The lowest BCUT2D eigenvalue weighted by Gasteiger charge is -2.19. The molecule has 106 valence electrons. The number of anilines is 1. The molecule has 0 saturated heterocycles. The van der Waals surface area contributed by atoms with E-state index in [-0.39, 0.29) is 12.3 Å². The number of carbonyl (C=O) groups is 2. The minimum absolute atomic E-state index is 0.193. The van der Waals surface area contributed by atoms with Crippen LogP contribution >= 0.6 is 0 Å². The average Bonchev–Trinajstić information content (AvgIpc) is 2.78. The second-order valence-corrected chi connectivity index (χ2v) is 4.53. The lowest BCUT2D eigenvalue weighted by molar-refractivity contribution is -0.146. The molecular formula is C12H19N3O4. The molecule has 2 N–H and O–H groups in total. The zero-order valence-corrected chi connectivity index (χ0v) is 11.3. The SMILES string of the molecule is CCOCCC(=O)Nc1cnn(C(C)(C)C(=O)O)c1. The molecule has 0 radical (unpaired) electrons. The second kappa shape index (κ2) is 6.33. The van der Waals surface area contributed by atoms with Gasteiger partial charge in [0, 0.05) is 12.8 Å². The molecule has 0 fully saturated rings. The molecular weight excluding hydrogens is 250 g/mol. The van der Waals surface area contributed by atoms with Gasteiger partial charge in [-0.25, -0.2) is 4.79 Å². The van der Waals surface area contributed by atoms with E-state index in [1.54, 1.807) is 0 Å². The maximum Gasteiger partial charge on any atom is 0.331 e. The van der Waals surface area contributed by atoms with E-state index in [2.05, 4.69) is 10.4 Å². The number of ether oxygens (including phenoxy) is 1. The average molecular weight is 269 g/mol. The molecule has 1 rings (SSSR count). The molecule has 0 aliphatic rings. The Morgan fingerprint density at radius 3 is 2.79 bits per heavy atom. The standard InChI is InChI=1S/C12H19N3O4/c1-4-19-6-5-10(16)14-9-7-13-15(8-9)12(2,3)11(17)18/h7-8H,4-6H2,1-3H3,(H,14,16)(H,17,18). The van der Waals surface area contributed by atoms with Crippen molar-refractivity contribution in [3.8, 4) is 0 Å². The Labute approximate surface area is 111 Å². The number of hydrogen-bond donors (Lipinski definition) is 2. The van der Waals surface area contributed by atoms with Gasteiger partial charge in [-0.15, -0.1) is 0 Å². The van der Waals surface area contributed by atoms with Gasteiger partial charge < -0.3 is 15.2 Å². The number of hydrogen-bond acceptors (Lipinski definition) is 4. The van der Waals surface area contributed by atoms with Crippen LogP contribution in [0.3, 0.4) is 0 Å². The normalized spacial score (nSPS) is 11.3. The predicted octanol–water partition coefficient (Wildman–Crippen LogP) is 1.07. The summed E-state index contributed by atoms with van der Waals surface area (Å²) in [7, 11) is 0. The molecule has 7 heteroatoms. The van der Waals surface area contributed by atoms with Gasteiger partial charge in [0.15, 0.2) is 5.54 Å². The van der Waals surface area contributed by atoms with Crippen molar-refractivity contribution in [2.45, 2.75) is 32.7 Å². The molecule has 1 aromatic rings. The van der Waals surface area contributed by atoms with Gasteiger partial charge in [-0.2, -0.15) is 5.10 Å². The molecule has 0 aliphatic carbocycles. The molecule has 19 heavy (non-hydrogen) atoms. The van der Waals surface area contributed by atoms with Gasteiger partial charge in [0.1, 0.15) is 0 Å². The Morgan fingerprint density at radius 1 is 1.53 bits per heavy atom. The van der Waals surface area contributed by atoms with Gasteiger partial charge in [0.25, 0.3) is 0 Å². The van der Waals surface area contributed by atoms with Crippen LogP contribution in [0, 0.1) is 0 Å². The van der Waals surface area contributed by atoms with Gasteiger partial charge >= 0.3 is 5.97 Å². The van der Waals surface area contributed by atoms with Crippen LogP contribution in [0.5, 0.6) is 0 Å². The first-order chi connectivity index (χ1) is 8.87. The van der Waals surface area contributed by atoms with Crippen molar-refractivity contribution in [3.63, 3.8) is 0 Å². The number of nitrogens with one attached hydrogen (secondary N) is 1. The summed E-state index contributed by atoms with van der Waals surface area (Å²) in [5, 5.41) is 15.6. The molecule has 1 heterocycles. The van der Waals surface area contributed by atoms with E-state index in [4.69, 9.17) is 9.84 Å². The molecule has 0 unspecified atom stereocenters. The topological polar surface area (TPSA) is 93.5 Å². The summed E-state index contributed by atoms with van der Waals surface area (Å²) in [4.78, 5) is 22.6. The molecule has 1 aromatic heterocycles. The first-order valence-electron chi connectivity index (χ1n) is 6.04. The summed E-state index contributed by atoms with van der Waals surface area (Å²) in [6, 6.07) is 0. The van der Waals surface area contributed by atoms with E-state index in [0.29, 0.717) is 18.9 Å². The van der Waals surface area contributed by atoms with Crippen molar-refractivity contribution >= 4 is 17.6 Å². The van der Waals surface area contributed by atoms with Crippen LogP contribution in [0.25, 0.3) is 0 Å². The Morgan fingerprint density at radius 2 is 2.21 bits per heavy atom. The van der Waals surface area contributed by atoms with Gasteiger partial charge in [-0.05, 0) is 20.8 Å². The van der Waals surface area contributed by atoms with E-state index in [1.807, 2.05) is 6.92 Å². The lowest BCUT2D eigenvalue weighted by Crippen LogP contribution is -2.35. The van der Waals surface area contributed by atoms with E-state index in [9.17, 15) is 9.59 Å². The third-order valence-corrected chi connectivity index (χ3v) is 2.64. The Balaban J connectivity index is 2.60. The Hall–Kier alpha value is -1.89. The zero-order chi connectivity index (χ0) is 14.5. The number of carbonyl (C=O) groups excluding carboxylic acids is 1. The number of rotatable bonds is 7. The Kier molecular flexibility index (Phi) is 5.05. The van der Waals surface area contributed by atoms with Crippen molar-refractivity contribution in [3.05, 3.63) is 12.4 Å². The highest BCUT2D eigenvalue weighted by Crippen LogP contribution is 2.17. The van der Waals surface area contributed by atoms with Crippen molar-refractivity contribution < 1.29 is 19.4 Å². The van der Waals surface area contributed by atoms with Crippen molar-refractivity contribution in [2.75, 3.05) is 18.5 Å². The summed E-state index contributed by atoms with van der Waals surface area (Å²) in [5.41, 5.74) is -0.690. The Bertz CT molecular complexity index is 454. The van der Waals surface area contributed by atoms with Crippen LogP contribution in [-0.2, 0) is 19.9 Å². The monoisotopic (exact) mass is 269 g/mol. The minimum Gasteiger partial charge on any atom is -0.479 e. The van der Waals surface area contributed by atoms with E-state index in [1.165, 1.54) is 30.9 Å². The van der Waals surface area contributed by atoms with Crippen LogP contribution in [-0.4, -0.2) is 40.0 Å². The molecule has 0 aliphatic heterocycles. The first kappa shape index (κ1) is 15.2. The third-order valence-electron chi connectivity index (χ3n) is 2.64. The summed E-state index contributed by atoms with van der Waals surface area (Å²) < 4.78 is 6.37. The first-order valence-corrected chi connectivity index (χ1v) is 6.04. The summed E-state index contributed by atoms with van der Waals surface area (Å²) >= 11 is 0. The smallest absolute Gasteiger partial charge is 0.331 e. The van der Waals surface area contributed by atoms with Crippen molar-refractivity contribution in [2.24, 2.45) is 0 Å².